The minimum absolute atomic E-state index is 0.104. The molecule has 9 heavy (non-hydrogen) atoms. The van der Waals surface area contributed by atoms with Crippen molar-refractivity contribution in [1.82, 2.24) is 0 Å². The van der Waals surface area contributed by atoms with Crippen molar-refractivity contribution >= 4 is 11.6 Å². The van der Waals surface area contributed by atoms with Crippen LogP contribution in [0.15, 0.2) is 0 Å². The standard InChI is InChI=1S/C6H8O3/c1-4-5(7)2-9-3-6(4)8/h4H,2-3H2,1H3. The Bertz CT molecular complexity index is 134. The van der Waals surface area contributed by atoms with Gasteiger partial charge in [0.2, 0.25) is 0 Å². The van der Waals surface area contributed by atoms with E-state index < -0.39 is 5.92 Å². The number of ether oxygens (including phenoxy) is 1. The average molecular weight is 128 g/mol. The number of carbonyl (C=O) groups is 2. The average Bonchev–Trinajstić information content (AvgIpc) is 1.83. The molecule has 0 amide bonds. The molecule has 0 aromatic heterocycles. The Labute approximate surface area is 53.0 Å². The summed E-state index contributed by atoms with van der Waals surface area (Å²) in [5.74, 6) is -0.642. The third kappa shape index (κ3) is 1.16. The molecule has 1 aliphatic rings. The molecule has 3 nitrogen and oxygen atoms in total. The van der Waals surface area contributed by atoms with Crippen LogP contribution in [-0.4, -0.2) is 24.8 Å². The van der Waals surface area contributed by atoms with Gasteiger partial charge < -0.3 is 4.74 Å². The Kier molecular flexibility index (Phi) is 1.62. The Morgan fingerprint density at radius 2 is 1.78 bits per heavy atom. The van der Waals surface area contributed by atoms with Crippen LogP contribution in [0.1, 0.15) is 6.92 Å². The Hall–Kier alpha value is -0.700. The normalized spacial score (nSPS) is 22.8. The first-order valence-electron chi connectivity index (χ1n) is 2.85. The maximum atomic E-state index is 10.7. The Morgan fingerprint density at radius 1 is 1.33 bits per heavy atom. The third-order valence-corrected chi connectivity index (χ3v) is 1.45. The molecule has 1 heterocycles. The van der Waals surface area contributed by atoms with E-state index in [0.29, 0.717) is 0 Å². The lowest BCUT2D eigenvalue weighted by atomic mass is 10.0. The lowest BCUT2D eigenvalue weighted by Crippen LogP contribution is -2.34. The van der Waals surface area contributed by atoms with E-state index in [4.69, 9.17) is 0 Å². The van der Waals surface area contributed by atoms with Crippen LogP contribution in [0.4, 0.5) is 0 Å². The molecule has 50 valence electrons. The van der Waals surface area contributed by atoms with Crippen LogP contribution in [0.25, 0.3) is 0 Å². The van der Waals surface area contributed by atoms with Gasteiger partial charge in [0.15, 0.2) is 11.6 Å². The highest BCUT2D eigenvalue weighted by molar-refractivity contribution is 6.04. The number of hydrogen-bond acceptors (Lipinski definition) is 3. The molecule has 0 N–H and O–H groups in total. The largest absolute Gasteiger partial charge is 0.366 e. The van der Waals surface area contributed by atoms with Gasteiger partial charge in [0.1, 0.15) is 13.2 Å². The molecule has 1 saturated heterocycles. The molecule has 0 aliphatic carbocycles. The lowest BCUT2D eigenvalue weighted by Gasteiger charge is -2.14. The Balaban J connectivity index is 2.62. The van der Waals surface area contributed by atoms with Gasteiger partial charge in [-0.15, -0.1) is 0 Å². The zero-order valence-corrected chi connectivity index (χ0v) is 5.22. The quantitative estimate of drug-likeness (QED) is 0.424. The lowest BCUT2D eigenvalue weighted by molar-refractivity contribution is -0.144. The highest BCUT2D eigenvalue weighted by Gasteiger charge is 2.25. The van der Waals surface area contributed by atoms with Gasteiger partial charge in [-0.2, -0.15) is 0 Å². The maximum absolute atomic E-state index is 10.7. The fourth-order valence-corrected chi connectivity index (χ4v) is 0.682. The van der Waals surface area contributed by atoms with Crippen LogP contribution in [0.5, 0.6) is 0 Å². The van der Waals surface area contributed by atoms with E-state index in [9.17, 15) is 9.59 Å². The summed E-state index contributed by atoms with van der Waals surface area (Å²) in [5.41, 5.74) is 0. The van der Waals surface area contributed by atoms with Crippen molar-refractivity contribution in [3.8, 4) is 0 Å². The summed E-state index contributed by atoms with van der Waals surface area (Å²) in [4.78, 5) is 21.3. The minimum atomic E-state index is -0.432. The van der Waals surface area contributed by atoms with Crippen molar-refractivity contribution in [1.29, 1.82) is 0 Å². The zero-order chi connectivity index (χ0) is 6.85. The van der Waals surface area contributed by atoms with E-state index in [-0.39, 0.29) is 24.8 Å². The molecule has 0 atom stereocenters. The fourth-order valence-electron chi connectivity index (χ4n) is 0.682. The third-order valence-electron chi connectivity index (χ3n) is 1.45. The van der Waals surface area contributed by atoms with Gasteiger partial charge >= 0.3 is 0 Å². The second kappa shape index (κ2) is 2.27. The SMILES string of the molecule is CC1C(=O)COCC1=O. The summed E-state index contributed by atoms with van der Waals surface area (Å²) in [7, 11) is 0. The van der Waals surface area contributed by atoms with Gasteiger partial charge in [-0.1, -0.05) is 0 Å². The highest BCUT2D eigenvalue weighted by Crippen LogP contribution is 2.05. The first-order valence-corrected chi connectivity index (χ1v) is 2.85. The van der Waals surface area contributed by atoms with Crippen LogP contribution < -0.4 is 0 Å². The van der Waals surface area contributed by atoms with E-state index in [1.54, 1.807) is 6.92 Å². The van der Waals surface area contributed by atoms with Gasteiger partial charge in [0.05, 0.1) is 5.92 Å². The second-order valence-electron chi connectivity index (χ2n) is 2.15. The van der Waals surface area contributed by atoms with Crippen LogP contribution in [-0.2, 0) is 14.3 Å². The first-order chi connectivity index (χ1) is 4.22. The summed E-state index contributed by atoms with van der Waals surface area (Å²) >= 11 is 0. The minimum Gasteiger partial charge on any atom is -0.366 e. The summed E-state index contributed by atoms with van der Waals surface area (Å²) in [6.07, 6.45) is 0. The number of Topliss-reactive ketones (excluding diaryl/α,β-unsaturated/α-hetero) is 2. The molecular formula is C6H8O3. The molecule has 0 aromatic rings. The van der Waals surface area contributed by atoms with E-state index in [0.717, 1.165) is 0 Å². The van der Waals surface area contributed by atoms with Crippen LogP contribution in [0.3, 0.4) is 0 Å². The summed E-state index contributed by atoms with van der Waals surface area (Å²) in [5, 5.41) is 0. The molecule has 0 saturated carbocycles. The van der Waals surface area contributed by atoms with Crippen molar-refractivity contribution in [2.45, 2.75) is 6.92 Å². The fraction of sp³-hybridized carbons (Fsp3) is 0.667. The van der Waals surface area contributed by atoms with E-state index in [1.807, 2.05) is 0 Å². The first kappa shape index (κ1) is 6.42. The molecule has 0 unspecified atom stereocenters. The van der Waals surface area contributed by atoms with Crippen LogP contribution >= 0.6 is 0 Å². The molecule has 0 aromatic carbocycles. The predicted octanol–water partition coefficient (Wildman–Crippen LogP) is -0.209. The molecule has 0 bridgehead atoms. The molecule has 0 radical (unpaired) electrons. The van der Waals surface area contributed by atoms with Gasteiger partial charge in [0.25, 0.3) is 0 Å². The molecule has 1 fully saturated rings. The number of ketones is 2. The summed E-state index contributed by atoms with van der Waals surface area (Å²) in [6.45, 7) is 1.83. The zero-order valence-electron chi connectivity index (χ0n) is 5.22. The predicted molar refractivity (Wildman–Crippen MR) is 30.0 cm³/mol. The van der Waals surface area contributed by atoms with Gasteiger partial charge in [-0.05, 0) is 6.92 Å². The molecular weight excluding hydrogens is 120 g/mol. The summed E-state index contributed by atoms with van der Waals surface area (Å²) < 4.78 is 4.67. The van der Waals surface area contributed by atoms with E-state index in [2.05, 4.69) is 4.74 Å². The monoisotopic (exact) mass is 128 g/mol. The summed E-state index contributed by atoms with van der Waals surface area (Å²) in [6, 6.07) is 0. The van der Waals surface area contributed by atoms with Gasteiger partial charge in [-0.25, -0.2) is 0 Å². The maximum Gasteiger partial charge on any atom is 0.168 e. The van der Waals surface area contributed by atoms with Crippen LogP contribution in [0, 0.1) is 5.92 Å². The highest BCUT2D eigenvalue weighted by atomic mass is 16.5. The van der Waals surface area contributed by atoms with E-state index in [1.165, 1.54) is 0 Å². The van der Waals surface area contributed by atoms with Gasteiger partial charge in [0, 0.05) is 0 Å². The van der Waals surface area contributed by atoms with Crippen molar-refractivity contribution in [3.63, 3.8) is 0 Å². The number of rotatable bonds is 0. The van der Waals surface area contributed by atoms with Crippen LogP contribution in [0.2, 0.25) is 0 Å². The molecule has 1 rings (SSSR count). The van der Waals surface area contributed by atoms with Crippen molar-refractivity contribution in [2.75, 3.05) is 13.2 Å². The van der Waals surface area contributed by atoms with E-state index >= 15 is 0 Å². The molecule has 1 aliphatic heterocycles. The smallest absolute Gasteiger partial charge is 0.168 e. The van der Waals surface area contributed by atoms with Gasteiger partial charge in [-0.3, -0.25) is 9.59 Å². The van der Waals surface area contributed by atoms with Crippen molar-refractivity contribution in [2.24, 2.45) is 5.92 Å². The second-order valence-corrected chi connectivity index (χ2v) is 2.15. The molecule has 3 heteroatoms. The van der Waals surface area contributed by atoms with Crippen molar-refractivity contribution < 1.29 is 14.3 Å². The Morgan fingerprint density at radius 3 is 2.11 bits per heavy atom. The van der Waals surface area contributed by atoms with Crippen molar-refractivity contribution in [3.05, 3.63) is 0 Å². The topological polar surface area (TPSA) is 43.4 Å². The molecule has 0 spiro atoms. The number of carbonyl (C=O) groups excluding carboxylic acids is 2. The number of hydrogen-bond donors (Lipinski definition) is 0.